The quantitative estimate of drug-likeness (QED) is 0.519. The predicted molar refractivity (Wildman–Crippen MR) is 147 cm³/mol. The van der Waals surface area contributed by atoms with Crippen molar-refractivity contribution in [3.05, 3.63) is 34.7 Å². The molecule has 11 heteroatoms. The van der Waals surface area contributed by atoms with Gasteiger partial charge in [0.25, 0.3) is 0 Å². The summed E-state index contributed by atoms with van der Waals surface area (Å²) >= 11 is 0. The first-order valence-corrected chi connectivity index (χ1v) is 14.2. The Balaban J connectivity index is 1.12. The number of nitrogens with zero attached hydrogens (tertiary/aromatic N) is 4. The summed E-state index contributed by atoms with van der Waals surface area (Å²) in [6.07, 6.45) is 5.65. The number of nitrogens with one attached hydrogen (secondary N) is 1. The van der Waals surface area contributed by atoms with Gasteiger partial charge in [0, 0.05) is 43.8 Å². The summed E-state index contributed by atoms with van der Waals surface area (Å²) in [5.74, 6) is -0.659. The van der Waals surface area contributed by atoms with Crippen LogP contribution in [0.4, 0.5) is 9.59 Å². The van der Waals surface area contributed by atoms with Crippen LogP contribution in [0.2, 0.25) is 0 Å². The van der Waals surface area contributed by atoms with Gasteiger partial charge in [0.1, 0.15) is 0 Å². The summed E-state index contributed by atoms with van der Waals surface area (Å²) in [6, 6.07) is 7.72. The number of hydrogen-bond acceptors (Lipinski definition) is 6. The maximum Gasteiger partial charge on any atom is 0.409 e. The van der Waals surface area contributed by atoms with Crippen LogP contribution in [0.1, 0.15) is 64.8 Å². The molecule has 0 spiro atoms. The standard InChI is InChI=1S/C28H40N6O5/c1-18(2)33-23-8-3-4-9-24(23)34(27(33)37)26(36)30-20-15-21-10-11-22(16-20)32(21)13-6-14-39-28(38)31-12-5-7-19(17-31)25(29)35/h3-4,8-9,18-22H,5-7,10-17H2,1-2H3,(H2,29,35)(H,30,36). The fraction of sp³-hybridized carbons (Fsp3) is 0.643. The molecule has 0 radical (unpaired) electrons. The number of fused-ring (bicyclic) bond motifs is 3. The number of benzene rings is 1. The largest absolute Gasteiger partial charge is 0.449 e. The number of carbonyl (C=O) groups excluding carboxylic acids is 3. The van der Waals surface area contributed by atoms with E-state index in [1.165, 1.54) is 4.57 Å². The molecule has 5 rings (SSSR count). The third-order valence-corrected chi connectivity index (χ3v) is 8.58. The fourth-order valence-electron chi connectivity index (χ4n) is 6.74. The summed E-state index contributed by atoms with van der Waals surface area (Å²) in [7, 11) is 0. The van der Waals surface area contributed by atoms with Crippen molar-refractivity contribution in [2.45, 2.75) is 83.0 Å². The summed E-state index contributed by atoms with van der Waals surface area (Å²) in [5, 5.41) is 3.15. The van der Waals surface area contributed by atoms with Crippen LogP contribution in [0.3, 0.4) is 0 Å². The molecule has 3 aliphatic rings. The second-order valence-corrected chi connectivity index (χ2v) is 11.5. The zero-order chi connectivity index (χ0) is 27.7. The molecule has 11 nitrogen and oxygen atoms in total. The average Bonchev–Trinajstić information content (AvgIpc) is 3.34. The molecule has 0 aliphatic carbocycles. The minimum Gasteiger partial charge on any atom is -0.449 e. The van der Waals surface area contributed by atoms with Crippen molar-refractivity contribution < 1.29 is 19.1 Å². The predicted octanol–water partition coefficient (Wildman–Crippen LogP) is 2.66. The van der Waals surface area contributed by atoms with Gasteiger partial charge in [0.05, 0.1) is 23.6 Å². The van der Waals surface area contributed by atoms with Crippen LogP contribution < -0.4 is 16.7 Å². The van der Waals surface area contributed by atoms with E-state index in [1.54, 1.807) is 9.47 Å². The summed E-state index contributed by atoms with van der Waals surface area (Å²) < 4.78 is 8.43. The molecule has 3 N–H and O–H groups in total. The molecule has 2 bridgehead atoms. The minimum absolute atomic E-state index is 0.00874. The van der Waals surface area contributed by atoms with E-state index in [0.717, 1.165) is 57.0 Å². The van der Waals surface area contributed by atoms with E-state index in [2.05, 4.69) is 10.2 Å². The first-order chi connectivity index (χ1) is 18.7. The van der Waals surface area contributed by atoms with Gasteiger partial charge in [-0.25, -0.2) is 19.0 Å². The lowest BCUT2D eigenvalue weighted by atomic mass is 9.97. The molecule has 1 aromatic carbocycles. The topological polar surface area (TPSA) is 132 Å². The SMILES string of the molecule is CC(C)n1c(=O)n(C(=O)NC2CC3CCC(C2)N3CCCOC(=O)N2CCCC(C(N)=O)C2)c2ccccc21. The molecule has 3 aliphatic heterocycles. The molecule has 3 fully saturated rings. The highest BCUT2D eigenvalue weighted by molar-refractivity contribution is 5.89. The first kappa shape index (κ1) is 27.2. The first-order valence-electron chi connectivity index (χ1n) is 14.2. The lowest BCUT2D eigenvalue weighted by molar-refractivity contribution is -0.123. The van der Waals surface area contributed by atoms with Crippen LogP contribution >= 0.6 is 0 Å². The third kappa shape index (κ3) is 5.54. The van der Waals surface area contributed by atoms with Gasteiger partial charge in [0.2, 0.25) is 5.91 Å². The van der Waals surface area contributed by atoms with Gasteiger partial charge >= 0.3 is 17.8 Å². The zero-order valence-corrected chi connectivity index (χ0v) is 22.9. The summed E-state index contributed by atoms with van der Waals surface area (Å²) in [6.45, 7) is 5.97. The van der Waals surface area contributed by atoms with Crippen LogP contribution in [0.15, 0.2) is 29.1 Å². The molecule has 2 aromatic rings. The fourth-order valence-corrected chi connectivity index (χ4v) is 6.74. The van der Waals surface area contributed by atoms with Crippen molar-refractivity contribution in [2.24, 2.45) is 11.7 Å². The highest BCUT2D eigenvalue weighted by Crippen LogP contribution is 2.36. The van der Waals surface area contributed by atoms with Crippen LogP contribution in [-0.2, 0) is 9.53 Å². The number of ether oxygens (including phenoxy) is 1. The Kier molecular flexibility index (Phi) is 7.97. The summed E-state index contributed by atoms with van der Waals surface area (Å²) in [4.78, 5) is 54.4. The molecular weight excluding hydrogens is 500 g/mol. The second-order valence-electron chi connectivity index (χ2n) is 11.5. The van der Waals surface area contributed by atoms with Gasteiger partial charge < -0.3 is 20.7 Å². The van der Waals surface area contributed by atoms with Crippen LogP contribution in [0.5, 0.6) is 0 Å². The molecule has 3 saturated heterocycles. The van der Waals surface area contributed by atoms with E-state index in [4.69, 9.17) is 10.5 Å². The lowest BCUT2D eigenvalue weighted by Crippen LogP contribution is -2.52. The Hall–Kier alpha value is -3.34. The van der Waals surface area contributed by atoms with Gasteiger partial charge in [-0.3, -0.25) is 14.3 Å². The van der Waals surface area contributed by atoms with E-state index in [9.17, 15) is 19.2 Å². The van der Waals surface area contributed by atoms with Crippen LogP contribution in [0.25, 0.3) is 11.0 Å². The second kappa shape index (κ2) is 11.4. The molecule has 3 unspecified atom stereocenters. The van der Waals surface area contributed by atoms with E-state index >= 15 is 0 Å². The molecule has 1 aromatic heterocycles. The summed E-state index contributed by atoms with van der Waals surface area (Å²) in [5.41, 5.74) is 6.48. The third-order valence-electron chi connectivity index (χ3n) is 8.58. The Morgan fingerprint density at radius 1 is 1.08 bits per heavy atom. The number of rotatable bonds is 7. The van der Waals surface area contributed by atoms with E-state index in [1.807, 2.05) is 38.1 Å². The zero-order valence-electron chi connectivity index (χ0n) is 22.9. The molecule has 3 atom stereocenters. The van der Waals surface area contributed by atoms with Gasteiger partial charge in [-0.05, 0) is 70.9 Å². The van der Waals surface area contributed by atoms with Crippen LogP contribution in [0, 0.1) is 5.92 Å². The highest BCUT2D eigenvalue weighted by atomic mass is 16.6. The molecular formula is C28H40N6O5. The minimum atomic E-state index is -0.376. The molecule has 4 heterocycles. The van der Waals surface area contributed by atoms with Crippen molar-refractivity contribution in [1.82, 2.24) is 24.3 Å². The Labute approximate surface area is 228 Å². The monoisotopic (exact) mass is 540 g/mol. The van der Waals surface area contributed by atoms with Gasteiger partial charge in [-0.15, -0.1) is 0 Å². The normalized spacial score (nSPS) is 25.3. The molecule has 0 saturated carbocycles. The number of para-hydroxylation sites is 2. The van der Waals surface area contributed by atoms with Crippen LogP contribution in [-0.4, -0.2) is 81.3 Å². The number of hydrogen-bond donors (Lipinski definition) is 2. The van der Waals surface area contributed by atoms with Gasteiger partial charge in [0.15, 0.2) is 0 Å². The number of aromatic nitrogens is 2. The van der Waals surface area contributed by atoms with Crippen molar-refractivity contribution in [3.8, 4) is 0 Å². The van der Waals surface area contributed by atoms with E-state index < -0.39 is 0 Å². The van der Waals surface area contributed by atoms with Gasteiger partial charge in [-0.1, -0.05) is 12.1 Å². The number of likely N-dealkylation sites (tertiary alicyclic amines) is 1. The van der Waals surface area contributed by atoms with Gasteiger partial charge in [-0.2, -0.15) is 0 Å². The number of nitrogens with two attached hydrogens (primary N) is 1. The number of amides is 3. The Morgan fingerprint density at radius 2 is 1.77 bits per heavy atom. The number of carbonyl (C=O) groups is 3. The van der Waals surface area contributed by atoms with E-state index in [-0.39, 0.29) is 41.7 Å². The smallest absolute Gasteiger partial charge is 0.409 e. The molecule has 212 valence electrons. The van der Waals surface area contributed by atoms with Crippen molar-refractivity contribution in [3.63, 3.8) is 0 Å². The van der Waals surface area contributed by atoms with E-state index in [0.29, 0.717) is 37.3 Å². The van der Waals surface area contributed by atoms with Crippen molar-refractivity contribution in [1.29, 1.82) is 0 Å². The van der Waals surface area contributed by atoms with Crippen molar-refractivity contribution in [2.75, 3.05) is 26.2 Å². The highest BCUT2D eigenvalue weighted by Gasteiger charge is 2.41. The van der Waals surface area contributed by atoms with Crippen molar-refractivity contribution >= 4 is 29.1 Å². The molecule has 39 heavy (non-hydrogen) atoms. The average molecular weight is 541 g/mol. The Bertz CT molecular complexity index is 1270. The maximum atomic E-state index is 13.3. The number of primary amides is 1. The molecule has 3 amide bonds. The lowest BCUT2D eigenvalue weighted by Gasteiger charge is -2.39. The Morgan fingerprint density at radius 3 is 2.44 bits per heavy atom. The number of piperidine rings is 2. The number of imidazole rings is 1. The maximum absolute atomic E-state index is 13.3.